The predicted octanol–water partition coefficient (Wildman–Crippen LogP) is 1.59. The van der Waals surface area contributed by atoms with Crippen LogP contribution in [-0.2, 0) is 4.79 Å². The Kier molecular flexibility index (Phi) is 4.13. The lowest BCUT2D eigenvalue weighted by molar-refractivity contribution is -0.123. The van der Waals surface area contributed by atoms with Crippen LogP contribution < -0.4 is 5.73 Å². The Hall–Kier alpha value is -1.93. The van der Waals surface area contributed by atoms with Gasteiger partial charge in [-0.25, -0.2) is 4.39 Å². The Morgan fingerprint density at radius 1 is 1.37 bits per heavy atom. The van der Waals surface area contributed by atoms with E-state index in [1.807, 2.05) is 4.90 Å². The summed E-state index contributed by atoms with van der Waals surface area (Å²) < 4.78 is 12.9. The van der Waals surface area contributed by atoms with Crippen molar-refractivity contribution in [3.8, 4) is 6.07 Å². The number of rotatable bonds is 3. The minimum Gasteiger partial charge on any atom is -0.369 e. The lowest BCUT2D eigenvalue weighted by Crippen LogP contribution is -2.40. The van der Waals surface area contributed by atoms with Crippen LogP contribution in [0.25, 0.3) is 0 Å². The van der Waals surface area contributed by atoms with Crippen LogP contribution in [0.4, 0.5) is 4.39 Å². The van der Waals surface area contributed by atoms with Gasteiger partial charge in [0.05, 0.1) is 6.07 Å². The molecule has 1 unspecified atom stereocenters. The topological polar surface area (TPSA) is 70.1 Å². The van der Waals surface area contributed by atoms with Crippen molar-refractivity contribution in [1.82, 2.24) is 4.90 Å². The highest BCUT2D eigenvalue weighted by Gasteiger charge is 2.28. The zero-order chi connectivity index (χ0) is 13.8. The highest BCUT2D eigenvalue weighted by molar-refractivity contribution is 5.76. The van der Waals surface area contributed by atoms with E-state index in [-0.39, 0.29) is 17.6 Å². The van der Waals surface area contributed by atoms with Gasteiger partial charge in [-0.2, -0.15) is 5.26 Å². The van der Waals surface area contributed by atoms with Gasteiger partial charge < -0.3 is 5.73 Å². The van der Waals surface area contributed by atoms with Gasteiger partial charge in [0, 0.05) is 19.0 Å². The molecule has 19 heavy (non-hydrogen) atoms. The number of nitrogens with two attached hydrogens (primary N) is 1. The molecule has 1 aliphatic rings. The number of carbonyl (C=O) groups is 1. The number of benzene rings is 1. The van der Waals surface area contributed by atoms with Crippen molar-refractivity contribution in [1.29, 1.82) is 5.26 Å². The number of carbonyl (C=O) groups excluding carboxylic acids is 1. The van der Waals surface area contributed by atoms with Crippen molar-refractivity contribution in [2.45, 2.75) is 18.9 Å². The lowest BCUT2D eigenvalue weighted by Gasteiger charge is -2.33. The molecule has 1 aromatic rings. The fraction of sp³-hybridized carbons (Fsp3) is 0.429. The summed E-state index contributed by atoms with van der Waals surface area (Å²) in [6.07, 6.45) is 1.35. The van der Waals surface area contributed by atoms with Crippen LogP contribution >= 0.6 is 0 Å². The molecule has 2 N–H and O–H groups in total. The average Bonchev–Trinajstić information content (AvgIpc) is 2.42. The van der Waals surface area contributed by atoms with Crippen molar-refractivity contribution in [3.63, 3.8) is 0 Å². The number of hydrogen-bond donors (Lipinski definition) is 1. The van der Waals surface area contributed by atoms with Gasteiger partial charge in [-0.3, -0.25) is 9.69 Å². The van der Waals surface area contributed by atoms with Crippen LogP contribution in [0.5, 0.6) is 0 Å². The molecular weight excluding hydrogens is 245 g/mol. The van der Waals surface area contributed by atoms with Crippen LogP contribution in [0.3, 0.4) is 0 Å². The van der Waals surface area contributed by atoms with Crippen LogP contribution in [0, 0.1) is 23.1 Å². The van der Waals surface area contributed by atoms with Crippen molar-refractivity contribution in [2.24, 2.45) is 11.7 Å². The highest BCUT2D eigenvalue weighted by Crippen LogP contribution is 2.26. The van der Waals surface area contributed by atoms with E-state index < -0.39 is 6.04 Å². The maximum absolute atomic E-state index is 12.9. The molecule has 0 aliphatic carbocycles. The van der Waals surface area contributed by atoms with Gasteiger partial charge in [0.1, 0.15) is 11.9 Å². The second kappa shape index (κ2) is 5.81. The van der Waals surface area contributed by atoms with Crippen LogP contribution in [0.1, 0.15) is 24.4 Å². The van der Waals surface area contributed by atoms with Gasteiger partial charge in [0.25, 0.3) is 0 Å². The summed E-state index contributed by atoms with van der Waals surface area (Å²) in [4.78, 5) is 13.1. The first-order chi connectivity index (χ1) is 9.11. The van der Waals surface area contributed by atoms with E-state index in [2.05, 4.69) is 6.07 Å². The van der Waals surface area contributed by atoms with E-state index in [1.165, 1.54) is 12.1 Å². The Morgan fingerprint density at radius 3 is 2.42 bits per heavy atom. The Labute approximate surface area is 111 Å². The molecule has 1 atom stereocenters. The standard InChI is InChI=1S/C14H16FN3O/c15-12-3-1-10(2-4-12)13(9-16)18-7-5-11(6-8-18)14(17)19/h1-4,11,13H,5-8H2,(H2,17,19). The van der Waals surface area contributed by atoms with Crippen LogP contribution in [-0.4, -0.2) is 23.9 Å². The Balaban J connectivity index is 2.06. The number of primary amides is 1. The van der Waals surface area contributed by atoms with Gasteiger partial charge in [-0.05, 0) is 30.5 Å². The zero-order valence-corrected chi connectivity index (χ0v) is 10.6. The number of amides is 1. The first kappa shape index (κ1) is 13.5. The lowest BCUT2D eigenvalue weighted by atomic mass is 9.94. The molecule has 0 spiro atoms. The van der Waals surface area contributed by atoms with Crippen LogP contribution in [0.15, 0.2) is 24.3 Å². The molecule has 1 fully saturated rings. The average molecular weight is 261 g/mol. The minimum atomic E-state index is -0.394. The Bertz CT molecular complexity index is 486. The van der Waals surface area contributed by atoms with E-state index >= 15 is 0 Å². The van der Waals surface area contributed by atoms with E-state index in [9.17, 15) is 14.4 Å². The minimum absolute atomic E-state index is 0.0937. The fourth-order valence-electron chi connectivity index (χ4n) is 2.45. The molecule has 1 saturated heterocycles. The molecule has 100 valence electrons. The fourth-order valence-corrected chi connectivity index (χ4v) is 2.45. The number of nitriles is 1. The predicted molar refractivity (Wildman–Crippen MR) is 68.2 cm³/mol. The summed E-state index contributed by atoms with van der Waals surface area (Å²) >= 11 is 0. The van der Waals surface area contributed by atoms with E-state index in [0.717, 1.165) is 5.56 Å². The maximum Gasteiger partial charge on any atom is 0.220 e. The molecule has 2 rings (SSSR count). The van der Waals surface area contributed by atoms with E-state index in [1.54, 1.807) is 12.1 Å². The van der Waals surface area contributed by atoms with Gasteiger partial charge >= 0.3 is 0 Å². The molecule has 1 aliphatic heterocycles. The first-order valence-electron chi connectivity index (χ1n) is 6.30. The van der Waals surface area contributed by atoms with Crippen molar-refractivity contribution in [2.75, 3.05) is 13.1 Å². The summed E-state index contributed by atoms with van der Waals surface area (Å²) in [5.41, 5.74) is 6.06. The summed E-state index contributed by atoms with van der Waals surface area (Å²) in [6.45, 7) is 1.31. The third-order valence-corrected chi connectivity index (χ3v) is 3.61. The summed E-state index contributed by atoms with van der Waals surface area (Å²) in [5.74, 6) is -0.674. The van der Waals surface area contributed by atoms with Crippen LogP contribution in [0.2, 0.25) is 0 Å². The second-order valence-electron chi connectivity index (χ2n) is 4.80. The quantitative estimate of drug-likeness (QED) is 0.898. The summed E-state index contributed by atoms with van der Waals surface area (Å²) in [6, 6.07) is 7.82. The number of nitrogens with zero attached hydrogens (tertiary/aromatic N) is 2. The van der Waals surface area contributed by atoms with Gasteiger partial charge in [0.15, 0.2) is 0 Å². The second-order valence-corrected chi connectivity index (χ2v) is 4.80. The zero-order valence-electron chi connectivity index (χ0n) is 10.6. The smallest absolute Gasteiger partial charge is 0.220 e. The number of hydrogen-bond acceptors (Lipinski definition) is 3. The normalized spacial score (nSPS) is 18.7. The number of halogens is 1. The molecule has 1 amide bonds. The third kappa shape index (κ3) is 3.09. The molecule has 0 saturated carbocycles. The summed E-state index contributed by atoms with van der Waals surface area (Å²) in [5, 5.41) is 9.30. The molecule has 4 nitrogen and oxygen atoms in total. The Morgan fingerprint density at radius 2 is 1.95 bits per heavy atom. The molecule has 0 radical (unpaired) electrons. The maximum atomic E-state index is 12.9. The highest BCUT2D eigenvalue weighted by atomic mass is 19.1. The van der Waals surface area contributed by atoms with E-state index in [4.69, 9.17) is 5.73 Å². The molecule has 0 aromatic heterocycles. The molecule has 5 heteroatoms. The van der Waals surface area contributed by atoms with Crippen molar-refractivity contribution < 1.29 is 9.18 Å². The van der Waals surface area contributed by atoms with Crippen molar-refractivity contribution in [3.05, 3.63) is 35.6 Å². The molecular formula is C14H16FN3O. The third-order valence-electron chi connectivity index (χ3n) is 3.61. The van der Waals surface area contributed by atoms with Crippen molar-refractivity contribution >= 4 is 5.91 Å². The van der Waals surface area contributed by atoms with Gasteiger partial charge in [-0.1, -0.05) is 12.1 Å². The van der Waals surface area contributed by atoms with Gasteiger partial charge in [-0.15, -0.1) is 0 Å². The monoisotopic (exact) mass is 261 g/mol. The van der Waals surface area contributed by atoms with E-state index in [0.29, 0.717) is 25.9 Å². The number of piperidine rings is 1. The SMILES string of the molecule is N#CC(c1ccc(F)cc1)N1CCC(C(N)=O)CC1. The number of likely N-dealkylation sites (tertiary alicyclic amines) is 1. The largest absolute Gasteiger partial charge is 0.369 e. The molecule has 1 aromatic carbocycles. The van der Waals surface area contributed by atoms with Gasteiger partial charge in [0.2, 0.25) is 5.91 Å². The molecule has 1 heterocycles. The molecule has 0 bridgehead atoms. The summed E-state index contributed by atoms with van der Waals surface area (Å²) in [7, 11) is 0. The first-order valence-corrected chi connectivity index (χ1v) is 6.30.